The molecule has 0 spiro atoms. The van der Waals surface area contributed by atoms with Gasteiger partial charge in [0.2, 0.25) is 6.41 Å². The molecule has 1 N–H and O–H groups in total. The maximum atomic E-state index is 12.4. The van der Waals surface area contributed by atoms with Crippen LogP contribution in [-0.4, -0.2) is 41.2 Å². The highest BCUT2D eigenvalue weighted by Crippen LogP contribution is 2.39. The molecule has 2 aromatic rings. The molecule has 1 amide bonds. The maximum Gasteiger partial charge on any atom is 0.344 e. The number of aliphatic carboxylic acids is 1. The lowest BCUT2D eigenvalue weighted by Gasteiger charge is -2.45. The summed E-state index contributed by atoms with van der Waals surface area (Å²) in [6, 6.07) is 15.0. The minimum absolute atomic E-state index is 0.161. The van der Waals surface area contributed by atoms with E-state index < -0.39 is 17.5 Å². The van der Waals surface area contributed by atoms with Crippen molar-refractivity contribution in [2.75, 3.05) is 11.5 Å². The van der Waals surface area contributed by atoms with Crippen LogP contribution in [0, 0.1) is 0 Å². The number of benzene rings is 2. The first-order valence-corrected chi connectivity index (χ1v) is 12.3. The minimum Gasteiger partial charge on any atom is -0.482 e. The van der Waals surface area contributed by atoms with Gasteiger partial charge in [0.1, 0.15) is 11.4 Å². The molecule has 0 bridgehead atoms. The smallest absolute Gasteiger partial charge is 0.344 e. The zero-order valence-electron chi connectivity index (χ0n) is 21.2. The van der Waals surface area contributed by atoms with Gasteiger partial charge in [0.05, 0.1) is 5.54 Å². The van der Waals surface area contributed by atoms with Crippen molar-refractivity contribution in [1.29, 1.82) is 0 Å². The molecule has 1 aliphatic rings. The van der Waals surface area contributed by atoms with Crippen LogP contribution in [0.2, 0.25) is 0 Å². The summed E-state index contributed by atoms with van der Waals surface area (Å²) < 4.78 is 10.9. The van der Waals surface area contributed by atoms with Crippen molar-refractivity contribution in [3.63, 3.8) is 0 Å². The van der Waals surface area contributed by atoms with Gasteiger partial charge in [-0.3, -0.25) is 4.79 Å². The molecule has 3 rings (SSSR count). The third-order valence-corrected chi connectivity index (χ3v) is 6.20. The summed E-state index contributed by atoms with van der Waals surface area (Å²) in [5, 5.41) is 8.95. The molecule has 1 aliphatic carbocycles. The first kappa shape index (κ1) is 27.0. The van der Waals surface area contributed by atoms with Crippen molar-refractivity contribution in [1.82, 2.24) is 0 Å². The summed E-state index contributed by atoms with van der Waals surface area (Å²) in [5.41, 5.74) is 1.59. The number of carboxylic acid groups (broad SMARTS) is 1. The van der Waals surface area contributed by atoms with E-state index in [9.17, 15) is 14.4 Å². The van der Waals surface area contributed by atoms with Gasteiger partial charge < -0.3 is 19.5 Å². The van der Waals surface area contributed by atoms with E-state index in [2.05, 4.69) is 0 Å². The van der Waals surface area contributed by atoms with Crippen LogP contribution in [-0.2, 0) is 25.5 Å². The van der Waals surface area contributed by atoms with Gasteiger partial charge in [-0.15, -0.1) is 0 Å². The Kier molecular flexibility index (Phi) is 8.91. The summed E-state index contributed by atoms with van der Waals surface area (Å²) in [4.78, 5) is 37.1. The zero-order chi connectivity index (χ0) is 26.2. The largest absolute Gasteiger partial charge is 0.482 e. The van der Waals surface area contributed by atoms with Crippen molar-refractivity contribution in [2.24, 2.45) is 0 Å². The number of rotatable bonds is 10. The summed E-state index contributed by atoms with van der Waals surface area (Å²) >= 11 is 0. The number of hydrogen-bond donors (Lipinski definition) is 1. The third-order valence-electron chi connectivity index (χ3n) is 6.20. The molecule has 2 aromatic carbocycles. The van der Waals surface area contributed by atoms with Crippen LogP contribution in [0.15, 0.2) is 54.6 Å². The van der Waals surface area contributed by atoms with Gasteiger partial charge in [0.25, 0.3) is 0 Å². The normalized spacial score (nSPS) is 15.3. The van der Waals surface area contributed by atoms with Crippen LogP contribution in [0.1, 0.15) is 64.0 Å². The van der Waals surface area contributed by atoms with E-state index in [1.165, 1.54) is 6.08 Å². The van der Waals surface area contributed by atoms with E-state index >= 15 is 0 Å². The van der Waals surface area contributed by atoms with E-state index in [4.69, 9.17) is 14.6 Å². The number of anilines is 1. The Morgan fingerprint density at radius 1 is 1.06 bits per heavy atom. The molecular formula is C29H35NO6. The summed E-state index contributed by atoms with van der Waals surface area (Å²) in [6.45, 7) is 5.28. The predicted octanol–water partition coefficient (Wildman–Crippen LogP) is 5.41. The van der Waals surface area contributed by atoms with Crippen LogP contribution in [0.5, 0.6) is 5.75 Å². The number of amides is 1. The molecular weight excluding hydrogens is 458 g/mol. The lowest BCUT2D eigenvalue weighted by molar-refractivity contribution is -0.157. The van der Waals surface area contributed by atoms with E-state index in [1.54, 1.807) is 0 Å². The average molecular weight is 494 g/mol. The highest BCUT2D eigenvalue weighted by atomic mass is 16.6. The first-order chi connectivity index (χ1) is 17.1. The Bertz CT molecular complexity index is 1080. The second kappa shape index (κ2) is 11.9. The van der Waals surface area contributed by atoms with E-state index in [0.29, 0.717) is 12.2 Å². The van der Waals surface area contributed by atoms with Crippen molar-refractivity contribution < 1.29 is 29.0 Å². The topological polar surface area (TPSA) is 93.1 Å². The number of esters is 1. The molecule has 1 fully saturated rings. The van der Waals surface area contributed by atoms with Crippen molar-refractivity contribution in [3.8, 4) is 5.75 Å². The molecule has 7 nitrogen and oxygen atoms in total. The summed E-state index contributed by atoms with van der Waals surface area (Å²) in [6.07, 6.45) is 9.12. The van der Waals surface area contributed by atoms with Crippen LogP contribution in [0.3, 0.4) is 0 Å². The molecule has 7 heteroatoms. The highest BCUT2D eigenvalue weighted by molar-refractivity contribution is 5.86. The van der Waals surface area contributed by atoms with Gasteiger partial charge in [0.15, 0.2) is 6.61 Å². The van der Waals surface area contributed by atoms with Gasteiger partial charge in [-0.05, 0) is 81.5 Å². The van der Waals surface area contributed by atoms with Gasteiger partial charge in [0, 0.05) is 11.8 Å². The molecule has 0 saturated heterocycles. The van der Waals surface area contributed by atoms with E-state index in [0.717, 1.165) is 61.4 Å². The van der Waals surface area contributed by atoms with Gasteiger partial charge in [-0.2, -0.15) is 0 Å². The fourth-order valence-electron chi connectivity index (χ4n) is 4.70. The van der Waals surface area contributed by atoms with Crippen LogP contribution in [0.25, 0.3) is 6.08 Å². The molecule has 192 valence electrons. The number of nitrogens with zero attached hydrogens (tertiary/aromatic N) is 1. The lowest BCUT2D eigenvalue weighted by Crippen LogP contribution is -2.51. The molecule has 0 radical (unpaired) electrons. The highest BCUT2D eigenvalue weighted by Gasteiger charge is 2.38. The fraction of sp³-hybridized carbons (Fsp3) is 0.414. The molecule has 0 aliphatic heterocycles. The van der Waals surface area contributed by atoms with E-state index in [1.807, 2.05) is 74.2 Å². The predicted molar refractivity (Wildman–Crippen MR) is 139 cm³/mol. The lowest BCUT2D eigenvalue weighted by atomic mass is 9.76. The van der Waals surface area contributed by atoms with Gasteiger partial charge in [-0.25, -0.2) is 9.59 Å². The Morgan fingerprint density at radius 3 is 2.36 bits per heavy atom. The minimum atomic E-state index is -1.02. The fourth-order valence-corrected chi connectivity index (χ4v) is 4.70. The van der Waals surface area contributed by atoms with E-state index in [-0.39, 0.29) is 12.1 Å². The molecule has 0 heterocycles. The summed E-state index contributed by atoms with van der Waals surface area (Å²) in [7, 11) is 0. The number of carboxylic acids is 1. The number of carbonyl (C=O) groups excluding carboxylic acids is 2. The molecule has 0 aromatic heterocycles. The standard InChI is InChI=1S/C29H35NO6/c1-28(2,3)36-27(34)20-35-25-13-10-23(11-14-25)19-29(16-5-4-6-17-29)30(21-31)24-9-7-8-22(18-24)12-15-26(32)33/h7-15,18,21H,4-6,16-17,19-20H2,1-3H3,(H,32,33)/b15-12+. The van der Waals surface area contributed by atoms with Crippen molar-refractivity contribution >= 4 is 30.1 Å². The van der Waals surface area contributed by atoms with Crippen molar-refractivity contribution in [2.45, 2.75) is 70.4 Å². The Morgan fingerprint density at radius 2 is 1.75 bits per heavy atom. The zero-order valence-corrected chi connectivity index (χ0v) is 21.2. The first-order valence-electron chi connectivity index (χ1n) is 12.3. The van der Waals surface area contributed by atoms with Crippen LogP contribution >= 0.6 is 0 Å². The number of hydrogen-bond acceptors (Lipinski definition) is 5. The molecule has 0 atom stereocenters. The van der Waals surface area contributed by atoms with Crippen LogP contribution < -0.4 is 9.64 Å². The quantitative estimate of drug-likeness (QED) is 0.270. The Hall–Kier alpha value is -3.61. The Balaban J connectivity index is 1.77. The van der Waals surface area contributed by atoms with Gasteiger partial charge in [-0.1, -0.05) is 43.5 Å². The molecule has 0 unspecified atom stereocenters. The third kappa shape index (κ3) is 7.70. The molecule has 36 heavy (non-hydrogen) atoms. The van der Waals surface area contributed by atoms with Gasteiger partial charge >= 0.3 is 11.9 Å². The maximum absolute atomic E-state index is 12.4. The SMILES string of the molecule is CC(C)(C)OC(=O)COc1ccc(CC2(N(C=O)c3cccc(/C=C/C(=O)O)c3)CCCCC2)cc1. The molecule has 1 saturated carbocycles. The second-order valence-corrected chi connectivity index (χ2v) is 10.2. The second-order valence-electron chi connectivity index (χ2n) is 10.2. The number of ether oxygens (including phenoxy) is 2. The average Bonchev–Trinajstić information content (AvgIpc) is 2.82. The summed E-state index contributed by atoms with van der Waals surface area (Å²) in [5.74, 6) is -0.864. The van der Waals surface area contributed by atoms with Crippen molar-refractivity contribution in [3.05, 3.63) is 65.7 Å². The van der Waals surface area contributed by atoms with Crippen LogP contribution in [0.4, 0.5) is 5.69 Å². The number of carbonyl (C=O) groups is 3. The monoisotopic (exact) mass is 493 g/mol. The Labute approximate surface area is 212 Å².